The molecule has 1 aromatic rings. The second-order valence-electron chi connectivity index (χ2n) is 4.58. The van der Waals surface area contributed by atoms with Crippen LogP contribution in [0.15, 0.2) is 18.2 Å². The van der Waals surface area contributed by atoms with Crippen LogP contribution in [0.5, 0.6) is 11.5 Å². The Labute approximate surface area is 121 Å². The van der Waals surface area contributed by atoms with E-state index in [1.165, 1.54) is 6.26 Å². The molecule has 0 fully saturated rings. The Hall–Kier alpha value is -1.27. The zero-order valence-corrected chi connectivity index (χ0v) is 13.1. The van der Waals surface area contributed by atoms with Crippen molar-refractivity contribution in [2.45, 2.75) is 19.9 Å². The number of rotatable bonds is 9. The SMILES string of the molecule is CCOc1cc(CNC)ccc1OCCCS(C)(=O)=O. The lowest BCUT2D eigenvalue weighted by Gasteiger charge is -2.13. The first-order chi connectivity index (χ1) is 9.46. The third kappa shape index (κ3) is 6.25. The van der Waals surface area contributed by atoms with E-state index in [-0.39, 0.29) is 5.75 Å². The molecular formula is C14H23NO4S. The van der Waals surface area contributed by atoms with Crippen LogP contribution in [0.4, 0.5) is 0 Å². The van der Waals surface area contributed by atoms with E-state index >= 15 is 0 Å². The highest BCUT2D eigenvalue weighted by atomic mass is 32.2. The van der Waals surface area contributed by atoms with Gasteiger partial charge >= 0.3 is 0 Å². The molecule has 0 saturated carbocycles. The maximum atomic E-state index is 11.0. The molecule has 0 spiro atoms. The Morgan fingerprint density at radius 1 is 1.20 bits per heavy atom. The van der Waals surface area contributed by atoms with Crippen LogP contribution in [-0.4, -0.2) is 40.7 Å². The highest BCUT2D eigenvalue weighted by Crippen LogP contribution is 2.28. The Morgan fingerprint density at radius 3 is 2.55 bits per heavy atom. The highest BCUT2D eigenvalue weighted by molar-refractivity contribution is 7.90. The third-order valence-electron chi connectivity index (χ3n) is 2.61. The van der Waals surface area contributed by atoms with Crippen molar-refractivity contribution in [3.8, 4) is 11.5 Å². The predicted octanol–water partition coefficient (Wildman–Crippen LogP) is 1.62. The van der Waals surface area contributed by atoms with E-state index in [1.807, 2.05) is 32.2 Å². The first kappa shape index (κ1) is 16.8. The van der Waals surface area contributed by atoms with E-state index in [0.29, 0.717) is 31.1 Å². The molecule has 1 N–H and O–H groups in total. The molecule has 5 nitrogen and oxygen atoms in total. The first-order valence-electron chi connectivity index (χ1n) is 6.67. The van der Waals surface area contributed by atoms with E-state index in [9.17, 15) is 8.42 Å². The van der Waals surface area contributed by atoms with Crippen LogP contribution in [0, 0.1) is 0 Å². The molecule has 0 aliphatic carbocycles. The number of benzene rings is 1. The predicted molar refractivity (Wildman–Crippen MR) is 80.2 cm³/mol. The lowest BCUT2D eigenvalue weighted by Crippen LogP contribution is -2.09. The van der Waals surface area contributed by atoms with E-state index < -0.39 is 9.84 Å². The molecule has 6 heteroatoms. The van der Waals surface area contributed by atoms with E-state index in [2.05, 4.69) is 5.32 Å². The van der Waals surface area contributed by atoms with Gasteiger partial charge in [0.1, 0.15) is 9.84 Å². The van der Waals surface area contributed by atoms with Gasteiger partial charge in [-0.3, -0.25) is 0 Å². The Balaban J connectivity index is 2.63. The molecule has 20 heavy (non-hydrogen) atoms. The van der Waals surface area contributed by atoms with Crippen molar-refractivity contribution in [3.63, 3.8) is 0 Å². The Morgan fingerprint density at radius 2 is 1.95 bits per heavy atom. The zero-order valence-electron chi connectivity index (χ0n) is 12.3. The summed E-state index contributed by atoms with van der Waals surface area (Å²) in [6.07, 6.45) is 1.70. The topological polar surface area (TPSA) is 64.6 Å². The monoisotopic (exact) mass is 301 g/mol. The van der Waals surface area contributed by atoms with Gasteiger partial charge in [-0.15, -0.1) is 0 Å². The Kier molecular flexibility index (Phi) is 6.81. The smallest absolute Gasteiger partial charge is 0.161 e. The molecule has 0 aromatic heterocycles. The molecule has 0 aliphatic heterocycles. The summed E-state index contributed by atoms with van der Waals surface area (Å²) in [6, 6.07) is 5.76. The van der Waals surface area contributed by atoms with Crippen LogP contribution in [0.1, 0.15) is 18.9 Å². The summed E-state index contributed by atoms with van der Waals surface area (Å²) in [5.74, 6) is 1.48. The van der Waals surface area contributed by atoms with Gasteiger partial charge in [-0.05, 0) is 38.1 Å². The minimum Gasteiger partial charge on any atom is -0.490 e. The molecule has 0 amide bonds. The maximum absolute atomic E-state index is 11.0. The van der Waals surface area contributed by atoms with Crippen molar-refractivity contribution >= 4 is 9.84 Å². The fourth-order valence-electron chi connectivity index (χ4n) is 1.76. The van der Waals surface area contributed by atoms with Crippen molar-refractivity contribution in [2.24, 2.45) is 0 Å². The van der Waals surface area contributed by atoms with Crippen LogP contribution in [-0.2, 0) is 16.4 Å². The van der Waals surface area contributed by atoms with Gasteiger partial charge in [0.2, 0.25) is 0 Å². The first-order valence-corrected chi connectivity index (χ1v) is 8.73. The van der Waals surface area contributed by atoms with Crippen molar-refractivity contribution < 1.29 is 17.9 Å². The van der Waals surface area contributed by atoms with Crippen molar-refractivity contribution in [2.75, 3.05) is 32.3 Å². The normalized spacial score (nSPS) is 11.3. The second kappa shape index (κ2) is 8.11. The number of hydrogen-bond acceptors (Lipinski definition) is 5. The summed E-state index contributed by atoms with van der Waals surface area (Å²) in [7, 11) is -1.05. The quantitative estimate of drug-likeness (QED) is 0.702. The highest BCUT2D eigenvalue weighted by Gasteiger charge is 2.07. The van der Waals surface area contributed by atoms with Gasteiger partial charge in [0.15, 0.2) is 11.5 Å². The molecule has 0 heterocycles. The lowest BCUT2D eigenvalue weighted by atomic mass is 10.2. The average Bonchev–Trinajstić information content (AvgIpc) is 2.36. The number of hydrogen-bond donors (Lipinski definition) is 1. The minimum atomic E-state index is -2.93. The number of sulfone groups is 1. The summed E-state index contributed by atoms with van der Waals surface area (Å²) < 4.78 is 33.2. The fraction of sp³-hybridized carbons (Fsp3) is 0.571. The van der Waals surface area contributed by atoms with Crippen LogP contribution in [0.3, 0.4) is 0 Å². The summed E-state index contributed by atoms with van der Waals surface area (Å²) in [4.78, 5) is 0. The molecule has 114 valence electrons. The van der Waals surface area contributed by atoms with Crippen LogP contribution >= 0.6 is 0 Å². The van der Waals surface area contributed by atoms with Crippen LogP contribution in [0.25, 0.3) is 0 Å². The molecule has 0 radical (unpaired) electrons. The largest absolute Gasteiger partial charge is 0.490 e. The van der Waals surface area contributed by atoms with E-state index in [4.69, 9.17) is 9.47 Å². The van der Waals surface area contributed by atoms with Gasteiger partial charge in [-0.1, -0.05) is 6.07 Å². The average molecular weight is 301 g/mol. The maximum Gasteiger partial charge on any atom is 0.161 e. The van der Waals surface area contributed by atoms with Gasteiger partial charge < -0.3 is 14.8 Å². The number of ether oxygens (including phenoxy) is 2. The van der Waals surface area contributed by atoms with Crippen molar-refractivity contribution in [1.29, 1.82) is 0 Å². The third-order valence-corrected chi connectivity index (χ3v) is 3.64. The van der Waals surface area contributed by atoms with Gasteiger partial charge in [0, 0.05) is 12.8 Å². The molecule has 0 bridgehead atoms. The van der Waals surface area contributed by atoms with E-state index in [0.717, 1.165) is 12.1 Å². The standard InChI is InChI=1S/C14H23NO4S/c1-4-18-14-10-12(11-15-2)6-7-13(14)19-8-5-9-20(3,16)17/h6-7,10,15H,4-5,8-9,11H2,1-3H3. The van der Waals surface area contributed by atoms with Crippen molar-refractivity contribution in [3.05, 3.63) is 23.8 Å². The summed E-state index contributed by atoms with van der Waals surface area (Å²) >= 11 is 0. The van der Waals surface area contributed by atoms with Crippen LogP contribution in [0.2, 0.25) is 0 Å². The molecule has 0 atom stereocenters. The van der Waals surface area contributed by atoms with Gasteiger partial charge in [0.25, 0.3) is 0 Å². The molecule has 0 aliphatic rings. The molecule has 1 aromatic carbocycles. The van der Waals surface area contributed by atoms with Crippen LogP contribution < -0.4 is 14.8 Å². The van der Waals surface area contributed by atoms with Gasteiger partial charge in [-0.25, -0.2) is 8.42 Å². The second-order valence-corrected chi connectivity index (χ2v) is 6.84. The molecule has 0 unspecified atom stereocenters. The molecular weight excluding hydrogens is 278 g/mol. The molecule has 0 saturated heterocycles. The summed E-state index contributed by atoms with van der Waals surface area (Å²) in [5, 5.41) is 3.08. The molecule has 1 rings (SSSR count). The summed E-state index contributed by atoms with van der Waals surface area (Å²) in [6.45, 7) is 3.59. The van der Waals surface area contributed by atoms with Gasteiger partial charge in [-0.2, -0.15) is 0 Å². The minimum absolute atomic E-state index is 0.134. The van der Waals surface area contributed by atoms with Crippen molar-refractivity contribution in [1.82, 2.24) is 5.32 Å². The lowest BCUT2D eigenvalue weighted by molar-refractivity contribution is 0.277. The number of nitrogens with one attached hydrogen (secondary N) is 1. The zero-order chi connectivity index (χ0) is 15.0. The van der Waals surface area contributed by atoms with E-state index in [1.54, 1.807) is 0 Å². The van der Waals surface area contributed by atoms with Gasteiger partial charge in [0.05, 0.1) is 19.0 Å². The summed E-state index contributed by atoms with van der Waals surface area (Å²) in [5.41, 5.74) is 1.11. The fourth-order valence-corrected chi connectivity index (χ4v) is 2.40. The Bertz CT molecular complexity index is 514.